The topological polar surface area (TPSA) is 42.9 Å². The number of thiophene rings is 1. The normalized spacial score (nSPS) is 10.1. The number of Topliss-reactive ketones (excluding diaryl/α,β-unsaturated/α-hetero) is 1. The maximum absolute atomic E-state index is 11.6. The first-order valence-electron chi connectivity index (χ1n) is 4.67. The highest BCUT2D eigenvalue weighted by Crippen LogP contribution is 2.09. The maximum atomic E-state index is 11.6. The van der Waals surface area contributed by atoms with E-state index in [1.54, 1.807) is 29.8 Å². The zero-order valence-corrected chi connectivity index (χ0v) is 8.91. The first kappa shape index (κ1) is 9.98. The molecule has 15 heavy (non-hydrogen) atoms. The molecular weight excluding hydrogens is 208 g/mol. The van der Waals surface area contributed by atoms with E-state index in [4.69, 9.17) is 0 Å². The van der Waals surface area contributed by atoms with Crippen molar-refractivity contribution in [3.63, 3.8) is 0 Å². The molecule has 0 saturated heterocycles. The summed E-state index contributed by atoms with van der Waals surface area (Å²) < 4.78 is 0. The van der Waals surface area contributed by atoms with Gasteiger partial charge in [-0.25, -0.2) is 9.97 Å². The Labute approximate surface area is 91.8 Å². The van der Waals surface area contributed by atoms with Crippen molar-refractivity contribution in [2.75, 3.05) is 0 Å². The zero-order chi connectivity index (χ0) is 10.5. The van der Waals surface area contributed by atoms with Gasteiger partial charge in [0.2, 0.25) is 0 Å². The Hall–Kier alpha value is -1.55. The fraction of sp³-hybridized carbons (Fsp3) is 0.182. The highest BCUT2D eigenvalue weighted by molar-refractivity contribution is 7.07. The lowest BCUT2D eigenvalue weighted by molar-refractivity contribution is 0.0973. The molecule has 0 fully saturated rings. The van der Waals surface area contributed by atoms with Gasteiger partial charge >= 0.3 is 0 Å². The Balaban J connectivity index is 1.94. The maximum Gasteiger partial charge on any atom is 0.200 e. The summed E-state index contributed by atoms with van der Waals surface area (Å²) in [5.74, 6) is 0.314. The zero-order valence-electron chi connectivity index (χ0n) is 8.09. The fourth-order valence-electron chi connectivity index (χ4n) is 1.25. The van der Waals surface area contributed by atoms with E-state index in [1.807, 2.05) is 11.4 Å². The molecule has 4 heteroatoms. The molecule has 0 aliphatic carbocycles. The predicted molar refractivity (Wildman–Crippen MR) is 59.0 cm³/mol. The van der Waals surface area contributed by atoms with Crippen LogP contribution in [-0.2, 0) is 6.42 Å². The minimum atomic E-state index is 0.00167. The number of rotatable bonds is 4. The number of carbonyl (C=O) groups is 1. The monoisotopic (exact) mass is 218 g/mol. The molecule has 2 heterocycles. The third kappa shape index (κ3) is 2.70. The Morgan fingerprint density at radius 1 is 1.33 bits per heavy atom. The molecule has 0 N–H and O–H groups in total. The highest BCUT2D eigenvalue weighted by Gasteiger charge is 2.08. The second-order valence-corrected chi connectivity index (χ2v) is 3.91. The molecule has 0 aliphatic heterocycles. The van der Waals surface area contributed by atoms with Gasteiger partial charge in [0, 0.05) is 18.8 Å². The largest absolute Gasteiger partial charge is 0.291 e. The Kier molecular flexibility index (Phi) is 3.19. The molecule has 3 nitrogen and oxygen atoms in total. The molecule has 76 valence electrons. The standard InChI is InChI=1S/C11H10N2OS/c14-10(11-12-5-1-6-13-11)3-2-9-4-7-15-8-9/h1,4-8H,2-3H2. The van der Waals surface area contributed by atoms with Crippen LogP contribution in [0.1, 0.15) is 22.6 Å². The van der Waals surface area contributed by atoms with Crippen LogP contribution in [0.15, 0.2) is 35.3 Å². The highest BCUT2D eigenvalue weighted by atomic mass is 32.1. The third-order valence-electron chi connectivity index (χ3n) is 2.04. The van der Waals surface area contributed by atoms with Crippen molar-refractivity contribution in [3.8, 4) is 0 Å². The average molecular weight is 218 g/mol. The molecular formula is C11H10N2OS. The summed E-state index contributed by atoms with van der Waals surface area (Å²) in [6.45, 7) is 0. The number of aryl methyl sites for hydroxylation is 1. The lowest BCUT2D eigenvalue weighted by atomic mass is 10.1. The van der Waals surface area contributed by atoms with Crippen molar-refractivity contribution in [2.24, 2.45) is 0 Å². The summed E-state index contributed by atoms with van der Waals surface area (Å²) in [5, 5.41) is 4.07. The summed E-state index contributed by atoms with van der Waals surface area (Å²) in [7, 11) is 0. The summed E-state index contributed by atoms with van der Waals surface area (Å²) in [6.07, 6.45) is 4.41. The number of hydrogen-bond acceptors (Lipinski definition) is 4. The molecule has 0 aromatic carbocycles. The number of aromatic nitrogens is 2. The van der Waals surface area contributed by atoms with Crippen LogP contribution in [0.25, 0.3) is 0 Å². The molecule has 0 amide bonds. The van der Waals surface area contributed by atoms with Crippen LogP contribution < -0.4 is 0 Å². The van der Waals surface area contributed by atoms with Crippen LogP contribution in [0.3, 0.4) is 0 Å². The minimum absolute atomic E-state index is 0.00167. The number of carbonyl (C=O) groups excluding carboxylic acids is 1. The van der Waals surface area contributed by atoms with Crippen molar-refractivity contribution in [3.05, 3.63) is 46.7 Å². The second kappa shape index (κ2) is 4.79. The smallest absolute Gasteiger partial charge is 0.200 e. The fourth-order valence-corrected chi connectivity index (χ4v) is 1.95. The van der Waals surface area contributed by atoms with Crippen LogP contribution in [0.4, 0.5) is 0 Å². The predicted octanol–water partition coefficient (Wildman–Crippen LogP) is 2.35. The van der Waals surface area contributed by atoms with E-state index in [0.717, 1.165) is 6.42 Å². The summed E-state index contributed by atoms with van der Waals surface area (Å²) in [5.41, 5.74) is 1.20. The number of nitrogens with zero attached hydrogens (tertiary/aromatic N) is 2. The van der Waals surface area contributed by atoms with Gasteiger partial charge in [-0.1, -0.05) is 0 Å². The Bertz CT molecular complexity index is 425. The Morgan fingerprint density at radius 2 is 2.13 bits per heavy atom. The quantitative estimate of drug-likeness (QED) is 0.740. The lowest BCUT2D eigenvalue weighted by Crippen LogP contribution is -2.05. The molecule has 0 unspecified atom stereocenters. The van der Waals surface area contributed by atoms with Crippen LogP contribution in [0.5, 0.6) is 0 Å². The molecule has 2 aromatic rings. The van der Waals surface area contributed by atoms with E-state index in [-0.39, 0.29) is 5.78 Å². The molecule has 0 saturated carbocycles. The van der Waals surface area contributed by atoms with Gasteiger partial charge in [0.05, 0.1) is 0 Å². The van der Waals surface area contributed by atoms with Gasteiger partial charge in [-0.2, -0.15) is 11.3 Å². The minimum Gasteiger partial charge on any atom is -0.291 e. The third-order valence-corrected chi connectivity index (χ3v) is 2.77. The van der Waals surface area contributed by atoms with Gasteiger partial charge in [0.15, 0.2) is 11.6 Å². The van der Waals surface area contributed by atoms with E-state index in [2.05, 4.69) is 15.3 Å². The first-order chi connectivity index (χ1) is 7.36. The molecule has 0 spiro atoms. The van der Waals surface area contributed by atoms with Crippen molar-refractivity contribution in [2.45, 2.75) is 12.8 Å². The van der Waals surface area contributed by atoms with Gasteiger partial charge in [-0.05, 0) is 34.9 Å². The number of ketones is 1. The SMILES string of the molecule is O=C(CCc1ccsc1)c1ncccn1. The van der Waals surface area contributed by atoms with Gasteiger partial charge < -0.3 is 0 Å². The van der Waals surface area contributed by atoms with Gasteiger partial charge in [-0.15, -0.1) is 0 Å². The molecule has 2 rings (SSSR count). The first-order valence-corrected chi connectivity index (χ1v) is 5.62. The lowest BCUT2D eigenvalue weighted by Gasteiger charge is -1.97. The molecule has 0 aliphatic rings. The molecule has 0 radical (unpaired) electrons. The number of hydrogen-bond donors (Lipinski definition) is 0. The van der Waals surface area contributed by atoms with E-state index in [9.17, 15) is 4.79 Å². The van der Waals surface area contributed by atoms with Crippen LogP contribution in [0.2, 0.25) is 0 Å². The van der Waals surface area contributed by atoms with E-state index in [0.29, 0.717) is 12.2 Å². The van der Waals surface area contributed by atoms with Crippen molar-refractivity contribution >= 4 is 17.1 Å². The summed E-state index contributed by atoms with van der Waals surface area (Å²) in [4.78, 5) is 19.5. The summed E-state index contributed by atoms with van der Waals surface area (Å²) in [6, 6.07) is 3.74. The van der Waals surface area contributed by atoms with Gasteiger partial charge in [-0.3, -0.25) is 4.79 Å². The summed E-state index contributed by atoms with van der Waals surface area (Å²) >= 11 is 1.64. The van der Waals surface area contributed by atoms with Crippen LogP contribution >= 0.6 is 11.3 Å². The second-order valence-electron chi connectivity index (χ2n) is 3.13. The van der Waals surface area contributed by atoms with Crippen molar-refractivity contribution in [1.29, 1.82) is 0 Å². The van der Waals surface area contributed by atoms with Crippen molar-refractivity contribution in [1.82, 2.24) is 9.97 Å². The molecule has 2 aromatic heterocycles. The molecule has 0 bridgehead atoms. The van der Waals surface area contributed by atoms with Crippen molar-refractivity contribution < 1.29 is 4.79 Å². The average Bonchev–Trinajstić information content (AvgIpc) is 2.80. The van der Waals surface area contributed by atoms with E-state index >= 15 is 0 Å². The van der Waals surface area contributed by atoms with E-state index < -0.39 is 0 Å². The molecule has 0 atom stereocenters. The Morgan fingerprint density at radius 3 is 2.80 bits per heavy atom. The van der Waals surface area contributed by atoms with Crippen LogP contribution in [0, 0.1) is 0 Å². The van der Waals surface area contributed by atoms with Gasteiger partial charge in [0.25, 0.3) is 0 Å². The van der Waals surface area contributed by atoms with Gasteiger partial charge in [0.1, 0.15) is 0 Å². The van der Waals surface area contributed by atoms with Crippen LogP contribution in [-0.4, -0.2) is 15.8 Å². The van der Waals surface area contributed by atoms with E-state index in [1.165, 1.54) is 5.56 Å².